The Balaban J connectivity index is 2.32. The van der Waals surface area contributed by atoms with Gasteiger partial charge in [0.05, 0.1) is 5.69 Å². The molecule has 0 aliphatic rings. The lowest BCUT2D eigenvalue weighted by molar-refractivity contribution is 0.595. The van der Waals surface area contributed by atoms with Gasteiger partial charge >= 0.3 is 0 Å². The SMILES string of the molecule is CCc1ccc(/N=C(\N(C)C)n2ccnc2)cc1. The third-order valence-corrected chi connectivity index (χ3v) is 2.71. The quantitative estimate of drug-likeness (QED) is 0.599. The van der Waals surface area contributed by atoms with Gasteiger partial charge in [0.1, 0.15) is 6.33 Å². The van der Waals surface area contributed by atoms with E-state index in [1.54, 1.807) is 12.5 Å². The highest BCUT2D eigenvalue weighted by Crippen LogP contribution is 2.14. The molecule has 2 aromatic rings. The van der Waals surface area contributed by atoms with E-state index in [1.165, 1.54) is 5.56 Å². The van der Waals surface area contributed by atoms with Gasteiger partial charge in [0, 0.05) is 26.5 Å². The standard InChI is InChI=1S/C14H18N4/c1-4-12-5-7-13(8-6-12)16-14(17(2)3)18-10-9-15-11-18/h5-11H,4H2,1-3H3/b16-14+. The first-order chi connectivity index (χ1) is 8.70. The highest BCUT2D eigenvalue weighted by Gasteiger charge is 2.04. The van der Waals surface area contributed by atoms with Crippen LogP contribution in [0.4, 0.5) is 5.69 Å². The van der Waals surface area contributed by atoms with Crippen LogP contribution >= 0.6 is 0 Å². The maximum atomic E-state index is 4.64. The first-order valence-corrected chi connectivity index (χ1v) is 6.04. The van der Waals surface area contributed by atoms with Crippen molar-refractivity contribution in [3.8, 4) is 0 Å². The fraction of sp³-hybridized carbons (Fsp3) is 0.286. The van der Waals surface area contributed by atoms with Gasteiger partial charge in [-0.15, -0.1) is 0 Å². The molecule has 0 atom stereocenters. The number of benzene rings is 1. The molecule has 18 heavy (non-hydrogen) atoms. The average Bonchev–Trinajstić information content (AvgIpc) is 2.90. The first-order valence-electron chi connectivity index (χ1n) is 6.04. The topological polar surface area (TPSA) is 33.4 Å². The second kappa shape index (κ2) is 5.49. The van der Waals surface area contributed by atoms with Crippen molar-refractivity contribution in [1.29, 1.82) is 0 Å². The number of aryl methyl sites for hydroxylation is 1. The molecule has 0 bridgehead atoms. The van der Waals surface area contributed by atoms with Crippen LogP contribution < -0.4 is 0 Å². The van der Waals surface area contributed by atoms with E-state index in [-0.39, 0.29) is 0 Å². The summed E-state index contributed by atoms with van der Waals surface area (Å²) in [6.45, 7) is 2.15. The van der Waals surface area contributed by atoms with Crippen molar-refractivity contribution < 1.29 is 0 Å². The zero-order valence-electron chi connectivity index (χ0n) is 11.0. The summed E-state index contributed by atoms with van der Waals surface area (Å²) < 4.78 is 1.90. The molecule has 2 rings (SSSR count). The van der Waals surface area contributed by atoms with Gasteiger partial charge in [0.25, 0.3) is 0 Å². The van der Waals surface area contributed by atoms with Gasteiger partial charge in [-0.25, -0.2) is 9.98 Å². The number of aliphatic imine (C=N–C) groups is 1. The first kappa shape index (κ1) is 12.4. The van der Waals surface area contributed by atoms with Crippen molar-refractivity contribution in [2.45, 2.75) is 13.3 Å². The fourth-order valence-corrected chi connectivity index (χ4v) is 1.69. The molecule has 0 saturated heterocycles. The van der Waals surface area contributed by atoms with Gasteiger partial charge in [0.2, 0.25) is 5.96 Å². The molecular weight excluding hydrogens is 224 g/mol. The molecule has 0 unspecified atom stereocenters. The Labute approximate surface area is 108 Å². The molecule has 1 aromatic carbocycles. The van der Waals surface area contributed by atoms with E-state index in [9.17, 15) is 0 Å². The molecule has 1 aromatic heterocycles. The van der Waals surface area contributed by atoms with Gasteiger partial charge in [-0.1, -0.05) is 19.1 Å². The van der Waals surface area contributed by atoms with Crippen LogP contribution in [0.1, 0.15) is 12.5 Å². The van der Waals surface area contributed by atoms with Crippen LogP contribution in [-0.2, 0) is 6.42 Å². The van der Waals surface area contributed by atoms with Crippen molar-refractivity contribution in [3.05, 3.63) is 48.5 Å². The van der Waals surface area contributed by atoms with Crippen LogP contribution in [-0.4, -0.2) is 34.5 Å². The van der Waals surface area contributed by atoms with Gasteiger partial charge in [-0.3, -0.25) is 4.57 Å². The zero-order chi connectivity index (χ0) is 13.0. The van der Waals surface area contributed by atoms with Gasteiger partial charge < -0.3 is 4.90 Å². The lowest BCUT2D eigenvalue weighted by Crippen LogP contribution is -2.28. The molecule has 0 aliphatic heterocycles. The molecule has 0 N–H and O–H groups in total. The summed E-state index contributed by atoms with van der Waals surface area (Å²) in [6.07, 6.45) is 6.43. The van der Waals surface area contributed by atoms with Crippen LogP contribution in [0.25, 0.3) is 0 Å². The molecule has 0 radical (unpaired) electrons. The predicted octanol–water partition coefficient (Wildman–Crippen LogP) is 2.54. The fourth-order valence-electron chi connectivity index (χ4n) is 1.69. The van der Waals surface area contributed by atoms with E-state index in [1.807, 2.05) is 41.9 Å². The zero-order valence-corrected chi connectivity index (χ0v) is 11.0. The van der Waals surface area contributed by atoms with Crippen LogP contribution in [0.2, 0.25) is 0 Å². The number of hydrogen-bond acceptors (Lipinski definition) is 2. The van der Waals surface area contributed by atoms with Gasteiger partial charge in [-0.2, -0.15) is 0 Å². The Morgan fingerprint density at radius 2 is 2.00 bits per heavy atom. The summed E-state index contributed by atoms with van der Waals surface area (Å²) in [4.78, 5) is 10.7. The van der Waals surface area contributed by atoms with E-state index in [0.717, 1.165) is 18.1 Å². The minimum atomic E-state index is 0.844. The molecule has 0 spiro atoms. The third-order valence-electron chi connectivity index (χ3n) is 2.71. The average molecular weight is 242 g/mol. The van der Waals surface area contributed by atoms with Crippen LogP contribution in [0, 0.1) is 0 Å². The predicted molar refractivity (Wildman–Crippen MR) is 74.2 cm³/mol. The van der Waals surface area contributed by atoms with Crippen LogP contribution in [0.3, 0.4) is 0 Å². The van der Waals surface area contributed by atoms with Crippen molar-refractivity contribution in [2.24, 2.45) is 4.99 Å². The molecular formula is C14H18N4. The summed E-state index contributed by atoms with van der Waals surface area (Å²) in [5.74, 6) is 0.844. The van der Waals surface area contributed by atoms with Gasteiger partial charge in [0.15, 0.2) is 0 Å². The molecule has 4 nitrogen and oxygen atoms in total. The Morgan fingerprint density at radius 1 is 1.28 bits per heavy atom. The summed E-state index contributed by atoms with van der Waals surface area (Å²) in [5.41, 5.74) is 2.27. The van der Waals surface area contributed by atoms with Crippen LogP contribution in [0.5, 0.6) is 0 Å². The van der Waals surface area contributed by atoms with Gasteiger partial charge in [-0.05, 0) is 24.1 Å². The number of nitrogens with zero attached hydrogens (tertiary/aromatic N) is 4. The Kier molecular flexibility index (Phi) is 3.77. The lowest BCUT2D eigenvalue weighted by Gasteiger charge is -2.16. The highest BCUT2D eigenvalue weighted by molar-refractivity contribution is 5.84. The lowest BCUT2D eigenvalue weighted by atomic mass is 10.2. The number of hydrogen-bond donors (Lipinski definition) is 0. The highest BCUT2D eigenvalue weighted by atomic mass is 15.3. The summed E-state index contributed by atoms with van der Waals surface area (Å²) in [7, 11) is 3.94. The van der Waals surface area contributed by atoms with Crippen molar-refractivity contribution >= 4 is 11.6 Å². The van der Waals surface area contributed by atoms with Crippen molar-refractivity contribution in [3.63, 3.8) is 0 Å². The van der Waals surface area contributed by atoms with E-state index >= 15 is 0 Å². The number of imidazole rings is 1. The molecule has 94 valence electrons. The van der Waals surface area contributed by atoms with Crippen LogP contribution in [0.15, 0.2) is 48.0 Å². The normalized spacial score (nSPS) is 11.6. The Morgan fingerprint density at radius 3 is 2.50 bits per heavy atom. The largest absolute Gasteiger partial charge is 0.348 e. The molecule has 4 heteroatoms. The second-order valence-electron chi connectivity index (χ2n) is 4.30. The van der Waals surface area contributed by atoms with Crippen molar-refractivity contribution in [2.75, 3.05) is 14.1 Å². The molecule has 1 heterocycles. The summed E-state index contributed by atoms with van der Waals surface area (Å²) >= 11 is 0. The van der Waals surface area contributed by atoms with Crippen molar-refractivity contribution in [1.82, 2.24) is 14.5 Å². The molecule has 0 amide bonds. The maximum absolute atomic E-state index is 4.64. The second-order valence-corrected chi connectivity index (χ2v) is 4.30. The summed E-state index contributed by atoms with van der Waals surface area (Å²) in [5, 5.41) is 0. The Bertz CT molecular complexity index is 509. The monoisotopic (exact) mass is 242 g/mol. The summed E-state index contributed by atoms with van der Waals surface area (Å²) in [6, 6.07) is 8.30. The smallest absolute Gasteiger partial charge is 0.210 e. The number of rotatable bonds is 2. The third kappa shape index (κ3) is 2.77. The van der Waals surface area contributed by atoms with E-state index in [2.05, 4.69) is 29.0 Å². The van der Waals surface area contributed by atoms with E-state index < -0.39 is 0 Å². The Hall–Kier alpha value is -2.10. The minimum absolute atomic E-state index is 0.844. The van der Waals surface area contributed by atoms with E-state index in [4.69, 9.17) is 0 Å². The molecule has 0 saturated carbocycles. The molecule has 0 aliphatic carbocycles. The van der Waals surface area contributed by atoms with E-state index in [0.29, 0.717) is 0 Å². The number of aromatic nitrogens is 2. The molecule has 0 fully saturated rings. The minimum Gasteiger partial charge on any atom is -0.348 e. The maximum Gasteiger partial charge on any atom is 0.210 e.